The largest absolute Gasteiger partial charge is 0.465 e. The van der Waals surface area contributed by atoms with Gasteiger partial charge in [-0.05, 0) is 30.9 Å². The van der Waals surface area contributed by atoms with E-state index < -0.39 is 11.4 Å². The van der Waals surface area contributed by atoms with Crippen molar-refractivity contribution in [2.24, 2.45) is 5.11 Å². The maximum absolute atomic E-state index is 12.4. The number of ether oxygens (including phenoxy) is 1. The van der Waals surface area contributed by atoms with Gasteiger partial charge in [-0.1, -0.05) is 29.4 Å². The number of carbonyl (C=O) groups is 2. The van der Waals surface area contributed by atoms with Gasteiger partial charge >= 0.3 is 5.97 Å². The van der Waals surface area contributed by atoms with Crippen LogP contribution in [0.5, 0.6) is 0 Å². The van der Waals surface area contributed by atoms with Crippen LogP contribution in [-0.4, -0.2) is 18.4 Å². The van der Waals surface area contributed by atoms with Gasteiger partial charge < -0.3 is 4.74 Å². The monoisotopic (exact) mass is 273 g/mol. The van der Waals surface area contributed by atoms with Gasteiger partial charge in [0.2, 0.25) is 0 Å². The van der Waals surface area contributed by atoms with Crippen LogP contribution in [0.15, 0.2) is 29.4 Å². The molecule has 6 heteroatoms. The SMILES string of the molecule is CCOC(=O)C1(c2ccccc2N=[N+]=[N-])CCCC1=O. The van der Waals surface area contributed by atoms with Gasteiger partial charge in [0.25, 0.3) is 0 Å². The van der Waals surface area contributed by atoms with Crippen LogP contribution in [0.3, 0.4) is 0 Å². The molecule has 0 N–H and O–H groups in total. The maximum atomic E-state index is 12.4. The standard InChI is InChI=1S/C14H15N3O3/c1-2-20-13(19)14(9-5-8-12(14)18)10-6-3-4-7-11(10)16-17-15/h3-4,6-7H,2,5,8-9H2,1H3. The van der Waals surface area contributed by atoms with Crippen LogP contribution in [0.2, 0.25) is 0 Å². The summed E-state index contributed by atoms with van der Waals surface area (Å²) in [4.78, 5) is 27.5. The maximum Gasteiger partial charge on any atom is 0.324 e. The highest BCUT2D eigenvalue weighted by Crippen LogP contribution is 2.43. The lowest BCUT2D eigenvalue weighted by atomic mass is 9.77. The van der Waals surface area contributed by atoms with Crippen LogP contribution in [-0.2, 0) is 19.7 Å². The molecule has 20 heavy (non-hydrogen) atoms. The fourth-order valence-electron chi connectivity index (χ4n) is 2.70. The molecule has 2 rings (SSSR count). The Hall–Kier alpha value is -2.33. The molecule has 1 aromatic carbocycles. The number of rotatable bonds is 4. The van der Waals surface area contributed by atoms with Crippen molar-refractivity contribution in [3.63, 3.8) is 0 Å². The Morgan fingerprint density at radius 1 is 1.50 bits per heavy atom. The van der Waals surface area contributed by atoms with Gasteiger partial charge in [0.05, 0.1) is 6.61 Å². The minimum Gasteiger partial charge on any atom is -0.465 e. The molecule has 0 saturated heterocycles. The van der Waals surface area contributed by atoms with Crippen molar-refractivity contribution < 1.29 is 14.3 Å². The zero-order valence-electron chi connectivity index (χ0n) is 11.2. The molecule has 0 aliphatic heterocycles. The number of benzene rings is 1. The van der Waals surface area contributed by atoms with E-state index in [1.165, 1.54) is 0 Å². The number of ketones is 1. The fourth-order valence-corrected chi connectivity index (χ4v) is 2.70. The van der Waals surface area contributed by atoms with Crippen LogP contribution in [0.25, 0.3) is 10.4 Å². The summed E-state index contributed by atoms with van der Waals surface area (Å²) in [5, 5.41) is 3.59. The summed E-state index contributed by atoms with van der Waals surface area (Å²) >= 11 is 0. The lowest BCUT2D eigenvalue weighted by Gasteiger charge is -2.26. The van der Waals surface area contributed by atoms with Crippen LogP contribution >= 0.6 is 0 Å². The van der Waals surface area contributed by atoms with Gasteiger partial charge in [-0.2, -0.15) is 0 Å². The van der Waals surface area contributed by atoms with E-state index in [0.717, 1.165) is 0 Å². The first-order valence-corrected chi connectivity index (χ1v) is 6.52. The molecule has 1 unspecified atom stereocenters. The number of hydrogen-bond acceptors (Lipinski definition) is 4. The molecule has 1 saturated carbocycles. The molecule has 104 valence electrons. The van der Waals surface area contributed by atoms with E-state index in [1.807, 2.05) is 0 Å². The fraction of sp³-hybridized carbons (Fsp3) is 0.429. The van der Waals surface area contributed by atoms with E-state index in [0.29, 0.717) is 30.5 Å². The molecule has 1 aliphatic rings. The van der Waals surface area contributed by atoms with Crippen molar-refractivity contribution in [3.05, 3.63) is 40.3 Å². The van der Waals surface area contributed by atoms with Crippen molar-refractivity contribution in [1.82, 2.24) is 0 Å². The minimum absolute atomic E-state index is 0.170. The third-order valence-electron chi connectivity index (χ3n) is 3.57. The summed E-state index contributed by atoms with van der Waals surface area (Å²) in [5.74, 6) is -0.723. The highest BCUT2D eigenvalue weighted by molar-refractivity contribution is 6.12. The minimum atomic E-state index is -1.32. The van der Waals surface area contributed by atoms with Crippen LogP contribution in [0.4, 0.5) is 5.69 Å². The Labute approximate surface area is 116 Å². The second-order valence-corrected chi connectivity index (χ2v) is 4.61. The number of carbonyl (C=O) groups excluding carboxylic acids is 2. The van der Waals surface area contributed by atoms with Gasteiger partial charge in [-0.15, -0.1) is 0 Å². The normalized spacial score (nSPS) is 21.4. The van der Waals surface area contributed by atoms with Crippen molar-refractivity contribution in [1.29, 1.82) is 0 Å². The summed E-state index contributed by atoms with van der Waals surface area (Å²) in [7, 11) is 0. The molecule has 0 bridgehead atoms. The van der Waals surface area contributed by atoms with Gasteiger partial charge in [0.1, 0.15) is 0 Å². The number of nitrogens with zero attached hydrogens (tertiary/aromatic N) is 3. The van der Waals surface area contributed by atoms with Crippen molar-refractivity contribution in [3.8, 4) is 0 Å². The zero-order chi connectivity index (χ0) is 14.6. The molecule has 1 aromatic rings. The molecule has 1 fully saturated rings. The summed E-state index contributed by atoms with van der Waals surface area (Å²) < 4.78 is 5.09. The molecule has 0 radical (unpaired) electrons. The van der Waals surface area contributed by atoms with Crippen LogP contribution in [0.1, 0.15) is 31.7 Å². The first-order valence-electron chi connectivity index (χ1n) is 6.52. The molecule has 0 amide bonds. The van der Waals surface area contributed by atoms with Gasteiger partial charge in [-0.3, -0.25) is 9.59 Å². The van der Waals surface area contributed by atoms with E-state index in [4.69, 9.17) is 10.3 Å². The quantitative estimate of drug-likeness (QED) is 0.277. The summed E-state index contributed by atoms with van der Waals surface area (Å²) in [6, 6.07) is 6.68. The third-order valence-corrected chi connectivity index (χ3v) is 3.57. The molecule has 0 aromatic heterocycles. The highest BCUT2D eigenvalue weighted by Gasteiger charge is 2.52. The number of Topliss-reactive ketones (excluding diaryl/α,β-unsaturated/α-hetero) is 1. The second-order valence-electron chi connectivity index (χ2n) is 4.61. The van der Waals surface area contributed by atoms with Gasteiger partial charge in [0, 0.05) is 17.0 Å². The molecule has 0 heterocycles. The predicted molar refractivity (Wildman–Crippen MR) is 72.4 cm³/mol. The lowest BCUT2D eigenvalue weighted by molar-refractivity contribution is -0.153. The third kappa shape index (κ3) is 2.14. The number of azide groups is 1. The Balaban J connectivity index is 2.61. The predicted octanol–water partition coefficient (Wildman–Crippen LogP) is 3.18. The Morgan fingerprint density at radius 2 is 2.25 bits per heavy atom. The molecule has 1 atom stereocenters. The van der Waals surface area contributed by atoms with E-state index in [1.54, 1.807) is 31.2 Å². The van der Waals surface area contributed by atoms with E-state index in [-0.39, 0.29) is 12.4 Å². The van der Waals surface area contributed by atoms with E-state index in [9.17, 15) is 9.59 Å². The lowest BCUT2D eigenvalue weighted by Crippen LogP contribution is -2.41. The molecule has 6 nitrogen and oxygen atoms in total. The summed E-state index contributed by atoms with van der Waals surface area (Å²) in [6.07, 6.45) is 1.36. The summed E-state index contributed by atoms with van der Waals surface area (Å²) in [5.41, 5.74) is 8.06. The van der Waals surface area contributed by atoms with Crippen LogP contribution < -0.4 is 0 Å². The topological polar surface area (TPSA) is 92.1 Å². The molecular weight excluding hydrogens is 258 g/mol. The average molecular weight is 273 g/mol. The Bertz CT molecular complexity index is 593. The van der Waals surface area contributed by atoms with E-state index in [2.05, 4.69) is 10.0 Å². The zero-order valence-corrected chi connectivity index (χ0v) is 11.2. The Morgan fingerprint density at radius 3 is 2.85 bits per heavy atom. The second kappa shape index (κ2) is 5.75. The molecular formula is C14H15N3O3. The Kier molecular flexibility index (Phi) is 4.05. The highest BCUT2D eigenvalue weighted by atomic mass is 16.5. The molecule has 1 aliphatic carbocycles. The van der Waals surface area contributed by atoms with Crippen LogP contribution in [0, 0.1) is 0 Å². The number of hydrogen-bond donors (Lipinski definition) is 0. The molecule has 0 spiro atoms. The van der Waals surface area contributed by atoms with Gasteiger partial charge in [-0.25, -0.2) is 0 Å². The van der Waals surface area contributed by atoms with E-state index >= 15 is 0 Å². The average Bonchev–Trinajstić information content (AvgIpc) is 2.83. The first-order chi connectivity index (χ1) is 9.66. The summed E-state index contributed by atoms with van der Waals surface area (Å²) in [6.45, 7) is 1.90. The smallest absolute Gasteiger partial charge is 0.324 e. The first kappa shape index (κ1) is 14.1. The van der Waals surface area contributed by atoms with Gasteiger partial charge in [0.15, 0.2) is 11.2 Å². The van der Waals surface area contributed by atoms with Crippen molar-refractivity contribution in [2.75, 3.05) is 6.61 Å². The van der Waals surface area contributed by atoms with Crippen molar-refractivity contribution >= 4 is 17.4 Å². The number of esters is 1. The van der Waals surface area contributed by atoms with Crippen molar-refractivity contribution in [2.45, 2.75) is 31.6 Å².